The van der Waals surface area contributed by atoms with Gasteiger partial charge >= 0.3 is 6.03 Å². The highest BCUT2D eigenvalue weighted by Crippen LogP contribution is 2.23. The third-order valence-corrected chi connectivity index (χ3v) is 2.30. The van der Waals surface area contributed by atoms with Crippen molar-refractivity contribution in [3.05, 3.63) is 22.4 Å². The number of hydrogen-bond donors (Lipinski definition) is 1. The van der Waals surface area contributed by atoms with Crippen molar-refractivity contribution in [3.8, 4) is 0 Å². The normalized spacial score (nSPS) is 15.9. The van der Waals surface area contributed by atoms with Crippen LogP contribution in [0, 0.1) is 0 Å². The number of halogens is 2. The van der Waals surface area contributed by atoms with Gasteiger partial charge < -0.3 is 5.32 Å². The van der Waals surface area contributed by atoms with Gasteiger partial charge in [-0.3, -0.25) is 4.90 Å². The number of pyridine rings is 1. The molecule has 1 saturated heterocycles. The van der Waals surface area contributed by atoms with Crippen LogP contribution in [0.15, 0.2) is 12.1 Å². The SMILES string of the molecule is O=C1NCCN1c1cc(Cl)nc(Cl)c1. The highest BCUT2D eigenvalue weighted by Gasteiger charge is 2.21. The summed E-state index contributed by atoms with van der Waals surface area (Å²) in [6.45, 7) is 1.26. The van der Waals surface area contributed by atoms with Crippen LogP contribution in [0.4, 0.5) is 10.5 Å². The molecule has 2 amide bonds. The second kappa shape index (κ2) is 3.63. The van der Waals surface area contributed by atoms with Crippen molar-refractivity contribution in [2.24, 2.45) is 0 Å². The molecular formula is C8H7Cl2N3O. The van der Waals surface area contributed by atoms with Gasteiger partial charge in [0.1, 0.15) is 10.3 Å². The van der Waals surface area contributed by atoms with E-state index in [1.54, 1.807) is 17.0 Å². The van der Waals surface area contributed by atoms with Crippen LogP contribution in [0.3, 0.4) is 0 Å². The zero-order chi connectivity index (χ0) is 10.1. The molecule has 0 atom stereocenters. The predicted molar refractivity (Wildman–Crippen MR) is 55.0 cm³/mol. The van der Waals surface area contributed by atoms with Crippen molar-refractivity contribution in [3.63, 3.8) is 0 Å². The number of nitrogens with zero attached hydrogens (tertiary/aromatic N) is 2. The molecule has 1 aliphatic rings. The Kier molecular flexibility index (Phi) is 2.48. The van der Waals surface area contributed by atoms with E-state index in [0.29, 0.717) is 18.8 Å². The third kappa shape index (κ3) is 1.76. The topological polar surface area (TPSA) is 45.2 Å². The highest BCUT2D eigenvalue weighted by atomic mass is 35.5. The van der Waals surface area contributed by atoms with Gasteiger partial charge in [0, 0.05) is 13.1 Å². The van der Waals surface area contributed by atoms with Crippen LogP contribution < -0.4 is 10.2 Å². The maximum absolute atomic E-state index is 11.3. The number of carbonyl (C=O) groups is 1. The van der Waals surface area contributed by atoms with E-state index in [2.05, 4.69) is 10.3 Å². The summed E-state index contributed by atoms with van der Waals surface area (Å²) < 4.78 is 0. The van der Waals surface area contributed by atoms with Gasteiger partial charge in [-0.15, -0.1) is 0 Å². The summed E-state index contributed by atoms with van der Waals surface area (Å²) in [6.07, 6.45) is 0. The summed E-state index contributed by atoms with van der Waals surface area (Å²) in [6, 6.07) is 3.08. The Morgan fingerprint density at radius 1 is 1.36 bits per heavy atom. The zero-order valence-electron chi connectivity index (χ0n) is 7.13. The quantitative estimate of drug-likeness (QED) is 0.751. The maximum Gasteiger partial charge on any atom is 0.321 e. The van der Waals surface area contributed by atoms with Crippen LogP contribution in [0.25, 0.3) is 0 Å². The lowest BCUT2D eigenvalue weighted by Gasteiger charge is -2.14. The molecule has 0 unspecified atom stereocenters. The van der Waals surface area contributed by atoms with E-state index in [-0.39, 0.29) is 16.3 Å². The van der Waals surface area contributed by atoms with Crippen LogP contribution in [-0.4, -0.2) is 24.1 Å². The van der Waals surface area contributed by atoms with Crippen LogP contribution in [-0.2, 0) is 0 Å². The van der Waals surface area contributed by atoms with Crippen molar-refractivity contribution in [2.75, 3.05) is 18.0 Å². The Balaban J connectivity index is 2.35. The molecule has 74 valence electrons. The molecule has 0 saturated carbocycles. The number of urea groups is 1. The minimum atomic E-state index is -0.136. The summed E-state index contributed by atoms with van der Waals surface area (Å²) in [4.78, 5) is 16.7. The van der Waals surface area contributed by atoms with Crippen LogP contribution >= 0.6 is 23.2 Å². The van der Waals surface area contributed by atoms with E-state index < -0.39 is 0 Å². The van der Waals surface area contributed by atoms with Crippen molar-refractivity contribution in [1.82, 2.24) is 10.3 Å². The van der Waals surface area contributed by atoms with Gasteiger partial charge in [-0.1, -0.05) is 23.2 Å². The third-order valence-electron chi connectivity index (χ3n) is 1.92. The lowest BCUT2D eigenvalue weighted by Crippen LogP contribution is -2.27. The minimum Gasteiger partial charge on any atom is -0.336 e. The molecule has 0 bridgehead atoms. The average molecular weight is 232 g/mol. The smallest absolute Gasteiger partial charge is 0.321 e. The standard InChI is InChI=1S/C8H7Cl2N3O/c9-6-3-5(4-7(10)12-6)13-2-1-11-8(13)14/h3-4H,1-2H2,(H,11,14). The number of hydrogen-bond acceptors (Lipinski definition) is 2. The van der Waals surface area contributed by atoms with Gasteiger partial charge in [0.2, 0.25) is 0 Å². The van der Waals surface area contributed by atoms with Gasteiger partial charge in [-0.2, -0.15) is 0 Å². The molecule has 1 aliphatic heterocycles. The molecule has 14 heavy (non-hydrogen) atoms. The molecule has 1 fully saturated rings. The fourth-order valence-electron chi connectivity index (χ4n) is 1.33. The monoisotopic (exact) mass is 231 g/mol. The molecule has 6 heteroatoms. The van der Waals surface area contributed by atoms with E-state index in [1.165, 1.54) is 0 Å². The number of amides is 2. The molecule has 0 radical (unpaired) electrons. The number of carbonyl (C=O) groups excluding carboxylic acids is 1. The summed E-state index contributed by atoms with van der Waals surface area (Å²) >= 11 is 11.4. The molecule has 0 spiro atoms. The molecule has 1 N–H and O–H groups in total. The van der Waals surface area contributed by atoms with Crippen LogP contribution in [0.1, 0.15) is 0 Å². The Morgan fingerprint density at radius 3 is 2.50 bits per heavy atom. The molecule has 4 nitrogen and oxygen atoms in total. The number of nitrogens with one attached hydrogen (secondary N) is 1. The lowest BCUT2D eigenvalue weighted by molar-refractivity contribution is 0.252. The fourth-order valence-corrected chi connectivity index (χ4v) is 1.78. The predicted octanol–water partition coefficient (Wildman–Crippen LogP) is 1.92. The molecule has 2 rings (SSSR count). The minimum absolute atomic E-state index is 0.136. The van der Waals surface area contributed by atoms with E-state index in [0.717, 1.165) is 0 Å². The van der Waals surface area contributed by atoms with Crippen LogP contribution in [0.5, 0.6) is 0 Å². The van der Waals surface area contributed by atoms with Gasteiger partial charge in [0.25, 0.3) is 0 Å². The first-order valence-corrected chi connectivity index (χ1v) is 4.81. The first-order chi connectivity index (χ1) is 6.66. The second-order valence-corrected chi connectivity index (χ2v) is 3.63. The zero-order valence-corrected chi connectivity index (χ0v) is 8.64. The van der Waals surface area contributed by atoms with Crippen molar-refractivity contribution >= 4 is 34.9 Å². The van der Waals surface area contributed by atoms with E-state index in [4.69, 9.17) is 23.2 Å². The number of aromatic nitrogens is 1. The summed E-state index contributed by atoms with van der Waals surface area (Å²) in [5.41, 5.74) is 0.671. The van der Waals surface area contributed by atoms with Gasteiger partial charge in [-0.05, 0) is 12.1 Å². The summed E-state index contributed by atoms with van der Waals surface area (Å²) in [5.74, 6) is 0. The van der Waals surface area contributed by atoms with E-state index in [9.17, 15) is 4.79 Å². The number of anilines is 1. The molecular weight excluding hydrogens is 225 g/mol. The van der Waals surface area contributed by atoms with Gasteiger partial charge in [0.15, 0.2) is 0 Å². The second-order valence-electron chi connectivity index (χ2n) is 2.85. The van der Waals surface area contributed by atoms with Gasteiger partial charge in [0.05, 0.1) is 5.69 Å². The Labute approximate surface area is 90.8 Å². The maximum atomic E-state index is 11.3. The Morgan fingerprint density at radius 2 is 2.00 bits per heavy atom. The summed E-state index contributed by atoms with van der Waals surface area (Å²) in [7, 11) is 0. The van der Waals surface area contributed by atoms with Crippen molar-refractivity contribution in [2.45, 2.75) is 0 Å². The molecule has 1 aromatic rings. The van der Waals surface area contributed by atoms with Crippen LogP contribution in [0.2, 0.25) is 10.3 Å². The Hall–Kier alpha value is -1.00. The molecule has 1 aromatic heterocycles. The first-order valence-electron chi connectivity index (χ1n) is 4.05. The van der Waals surface area contributed by atoms with E-state index in [1.807, 2.05) is 0 Å². The van der Waals surface area contributed by atoms with Crippen molar-refractivity contribution < 1.29 is 4.79 Å². The van der Waals surface area contributed by atoms with Crippen molar-refractivity contribution in [1.29, 1.82) is 0 Å². The molecule has 2 heterocycles. The molecule has 0 aliphatic carbocycles. The lowest BCUT2D eigenvalue weighted by atomic mass is 10.4. The molecule has 0 aromatic carbocycles. The van der Waals surface area contributed by atoms with E-state index >= 15 is 0 Å². The Bertz CT molecular complexity index is 363. The average Bonchev–Trinajstić information content (AvgIpc) is 2.49. The largest absolute Gasteiger partial charge is 0.336 e. The highest BCUT2D eigenvalue weighted by molar-refractivity contribution is 6.33. The first kappa shape index (κ1) is 9.55. The van der Waals surface area contributed by atoms with Gasteiger partial charge in [-0.25, -0.2) is 9.78 Å². The number of rotatable bonds is 1. The fraction of sp³-hybridized carbons (Fsp3) is 0.250. The summed E-state index contributed by atoms with van der Waals surface area (Å²) in [5, 5.41) is 3.26.